The molecule has 6 heteroatoms. The van der Waals surface area contributed by atoms with Gasteiger partial charge in [0.2, 0.25) is 5.91 Å². The van der Waals surface area contributed by atoms with E-state index in [4.69, 9.17) is 0 Å². The van der Waals surface area contributed by atoms with Crippen LogP contribution in [-0.2, 0) is 11.3 Å². The van der Waals surface area contributed by atoms with Crippen molar-refractivity contribution in [3.05, 3.63) is 54.1 Å². The second kappa shape index (κ2) is 6.80. The SMILES string of the molecule is CC1=C(c2ccccc2)[C@H]1C(=O)N1CCN(CCn2cncn2)CC1. The third kappa shape index (κ3) is 3.35. The van der Waals surface area contributed by atoms with Gasteiger partial charge in [-0.05, 0) is 18.1 Å². The highest BCUT2D eigenvalue weighted by Crippen LogP contribution is 2.47. The van der Waals surface area contributed by atoms with Crippen molar-refractivity contribution >= 4 is 11.5 Å². The maximum atomic E-state index is 12.8. The van der Waals surface area contributed by atoms with Crippen LogP contribution in [0.5, 0.6) is 0 Å². The number of aromatic nitrogens is 3. The van der Waals surface area contributed by atoms with Crippen LogP contribution in [0.2, 0.25) is 0 Å². The van der Waals surface area contributed by atoms with Crippen LogP contribution in [0.3, 0.4) is 0 Å². The van der Waals surface area contributed by atoms with Gasteiger partial charge in [0, 0.05) is 32.7 Å². The molecule has 2 aromatic rings. The molecule has 1 atom stereocenters. The maximum Gasteiger partial charge on any atom is 0.234 e. The highest BCUT2D eigenvalue weighted by molar-refractivity contribution is 6.05. The quantitative estimate of drug-likeness (QED) is 0.830. The van der Waals surface area contributed by atoms with E-state index in [0.29, 0.717) is 0 Å². The van der Waals surface area contributed by atoms with Crippen LogP contribution in [0.15, 0.2) is 48.6 Å². The van der Waals surface area contributed by atoms with Crippen LogP contribution in [0, 0.1) is 5.92 Å². The largest absolute Gasteiger partial charge is 0.339 e. The molecule has 1 aliphatic carbocycles. The number of carbonyl (C=O) groups excluding carboxylic acids is 1. The summed E-state index contributed by atoms with van der Waals surface area (Å²) in [6.07, 6.45) is 3.30. The number of piperazine rings is 1. The van der Waals surface area contributed by atoms with Gasteiger partial charge in [0.05, 0.1) is 12.5 Å². The third-order valence-electron chi connectivity index (χ3n) is 5.19. The van der Waals surface area contributed by atoms with E-state index in [9.17, 15) is 4.79 Å². The molecule has 0 bridgehead atoms. The molecule has 2 heterocycles. The molecule has 1 aromatic heterocycles. The Morgan fingerprint density at radius 3 is 2.56 bits per heavy atom. The molecule has 1 aromatic carbocycles. The van der Waals surface area contributed by atoms with Crippen LogP contribution in [-0.4, -0.2) is 63.2 Å². The summed E-state index contributed by atoms with van der Waals surface area (Å²) in [4.78, 5) is 21.2. The summed E-state index contributed by atoms with van der Waals surface area (Å²) in [5, 5.41) is 4.13. The highest BCUT2D eigenvalue weighted by atomic mass is 16.2. The fourth-order valence-electron chi connectivity index (χ4n) is 3.62. The molecule has 25 heavy (non-hydrogen) atoms. The second-order valence-corrected chi connectivity index (χ2v) is 6.72. The molecular weight excluding hydrogens is 314 g/mol. The zero-order valence-electron chi connectivity index (χ0n) is 14.5. The normalized spacial score (nSPS) is 20.8. The van der Waals surface area contributed by atoms with Crippen LogP contribution >= 0.6 is 0 Å². The minimum absolute atomic E-state index is 0.00380. The Labute approximate surface area is 147 Å². The number of nitrogens with zero attached hydrogens (tertiary/aromatic N) is 5. The van der Waals surface area contributed by atoms with Crippen molar-refractivity contribution in [1.29, 1.82) is 0 Å². The molecule has 1 fully saturated rings. The summed E-state index contributed by atoms with van der Waals surface area (Å²) in [5.74, 6) is 0.274. The minimum Gasteiger partial charge on any atom is -0.339 e. The lowest BCUT2D eigenvalue weighted by Gasteiger charge is -2.35. The van der Waals surface area contributed by atoms with Gasteiger partial charge in [-0.2, -0.15) is 5.10 Å². The van der Waals surface area contributed by atoms with Gasteiger partial charge in [-0.1, -0.05) is 35.9 Å². The first-order valence-electron chi connectivity index (χ1n) is 8.83. The van der Waals surface area contributed by atoms with Crippen molar-refractivity contribution in [2.45, 2.75) is 13.5 Å². The Kier molecular flexibility index (Phi) is 4.36. The van der Waals surface area contributed by atoms with Gasteiger partial charge in [0.25, 0.3) is 0 Å². The summed E-state index contributed by atoms with van der Waals surface area (Å²) >= 11 is 0. The van der Waals surface area contributed by atoms with E-state index < -0.39 is 0 Å². The number of hydrogen-bond acceptors (Lipinski definition) is 4. The average molecular weight is 337 g/mol. The molecule has 0 unspecified atom stereocenters. The molecule has 0 N–H and O–H groups in total. The first-order chi connectivity index (χ1) is 12.2. The predicted molar refractivity (Wildman–Crippen MR) is 95.6 cm³/mol. The third-order valence-corrected chi connectivity index (χ3v) is 5.19. The lowest BCUT2D eigenvalue weighted by Crippen LogP contribution is -2.50. The van der Waals surface area contributed by atoms with Crippen molar-refractivity contribution < 1.29 is 4.79 Å². The molecule has 6 nitrogen and oxygen atoms in total. The van der Waals surface area contributed by atoms with Gasteiger partial charge < -0.3 is 4.90 Å². The molecule has 130 valence electrons. The molecule has 0 spiro atoms. The Hall–Kier alpha value is -2.47. The van der Waals surface area contributed by atoms with E-state index in [0.717, 1.165) is 39.3 Å². The molecule has 0 radical (unpaired) electrons. The van der Waals surface area contributed by atoms with Crippen molar-refractivity contribution in [2.24, 2.45) is 5.92 Å². The van der Waals surface area contributed by atoms with Gasteiger partial charge >= 0.3 is 0 Å². The number of amides is 1. The van der Waals surface area contributed by atoms with E-state index in [1.807, 2.05) is 27.8 Å². The maximum absolute atomic E-state index is 12.8. The topological polar surface area (TPSA) is 54.3 Å². The van der Waals surface area contributed by atoms with E-state index in [-0.39, 0.29) is 11.8 Å². The first-order valence-corrected chi connectivity index (χ1v) is 8.83. The minimum atomic E-state index is 0.00380. The Bertz CT molecular complexity index is 760. The zero-order valence-corrected chi connectivity index (χ0v) is 14.5. The molecule has 2 aliphatic rings. The van der Waals surface area contributed by atoms with Gasteiger partial charge in [-0.25, -0.2) is 4.98 Å². The zero-order chi connectivity index (χ0) is 17.2. The molecule has 4 rings (SSSR count). The fraction of sp³-hybridized carbons (Fsp3) is 0.421. The smallest absolute Gasteiger partial charge is 0.234 e. The lowest BCUT2D eigenvalue weighted by atomic mass is 10.1. The first kappa shape index (κ1) is 16.0. The molecule has 1 saturated heterocycles. The summed E-state index contributed by atoms with van der Waals surface area (Å²) in [7, 11) is 0. The molecule has 1 amide bonds. The number of carbonyl (C=O) groups is 1. The Morgan fingerprint density at radius 2 is 1.88 bits per heavy atom. The van der Waals surface area contributed by atoms with Gasteiger partial charge in [0.1, 0.15) is 12.7 Å². The van der Waals surface area contributed by atoms with Gasteiger partial charge in [0.15, 0.2) is 0 Å². The number of benzene rings is 1. The number of rotatable bonds is 5. The number of hydrogen-bond donors (Lipinski definition) is 0. The molecule has 1 aliphatic heterocycles. The van der Waals surface area contributed by atoms with Crippen molar-refractivity contribution in [3.63, 3.8) is 0 Å². The summed E-state index contributed by atoms with van der Waals surface area (Å²) in [6.45, 7) is 7.33. The summed E-state index contributed by atoms with van der Waals surface area (Å²) < 4.78 is 1.85. The monoisotopic (exact) mass is 337 g/mol. The van der Waals surface area contributed by atoms with Crippen molar-refractivity contribution in [2.75, 3.05) is 32.7 Å². The van der Waals surface area contributed by atoms with Gasteiger partial charge in [-0.3, -0.25) is 14.4 Å². The molecule has 0 saturated carbocycles. The van der Waals surface area contributed by atoms with Crippen molar-refractivity contribution in [3.8, 4) is 0 Å². The van der Waals surface area contributed by atoms with Crippen LogP contribution < -0.4 is 0 Å². The van der Waals surface area contributed by atoms with E-state index in [1.54, 1.807) is 12.7 Å². The van der Waals surface area contributed by atoms with Crippen LogP contribution in [0.1, 0.15) is 12.5 Å². The molecular formula is C19H23N5O. The van der Waals surface area contributed by atoms with Crippen LogP contribution in [0.4, 0.5) is 0 Å². The van der Waals surface area contributed by atoms with Gasteiger partial charge in [-0.15, -0.1) is 0 Å². The van der Waals surface area contributed by atoms with E-state index >= 15 is 0 Å². The lowest BCUT2D eigenvalue weighted by molar-refractivity contribution is -0.133. The van der Waals surface area contributed by atoms with Crippen LogP contribution in [0.25, 0.3) is 5.57 Å². The standard InChI is InChI=1S/C19H23N5O/c1-15-17(16-5-3-2-4-6-16)18(15)19(25)23-10-7-22(8-11-23)9-12-24-14-20-13-21-24/h2-6,13-14,18H,7-12H2,1H3/t18-/m0/s1. The highest BCUT2D eigenvalue weighted by Gasteiger charge is 2.42. The second-order valence-electron chi connectivity index (χ2n) is 6.72. The Balaban J connectivity index is 1.28. The fourth-order valence-corrected chi connectivity index (χ4v) is 3.62. The van der Waals surface area contributed by atoms with E-state index in [1.165, 1.54) is 16.7 Å². The van der Waals surface area contributed by atoms with E-state index in [2.05, 4.69) is 34.0 Å². The predicted octanol–water partition coefficient (Wildman–Crippen LogP) is 1.53. The van der Waals surface area contributed by atoms with Crippen molar-refractivity contribution in [1.82, 2.24) is 24.6 Å². The summed E-state index contributed by atoms with van der Waals surface area (Å²) in [5.41, 5.74) is 3.63. The Morgan fingerprint density at radius 1 is 1.12 bits per heavy atom. The summed E-state index contributed by atoms with van der Waals surface area (Å²) in [6, 6.07) is 10.3. The average Bonchev–Trinajstić information content (AvgIpc) is 3.06.